The van der Waals surface area contributed by atoms with Gasteiger partial charge in [-0.2, -0.15) is 31.6 Å². The van der Waals surface area contributed by atoms with E-state index in [1.807, 2.05) is 0 Å². The quantitative estimate of drug-likeness (QED) is 0.385. The number of thiophene rings is 1. The van der Waals surface area contributed by atoms with Gasteiger partial charge in [-0.05, 0) is 48.0 Å². The van der Waals surface area contributed by atoms with Gasteiger partial charge in [0.1, 0.15) is 12.4 Å². The first kappa shape index (κ1) is 22.6. The van der Waals surface area contributed by atoms with Crippen LogP contribution in [-0.2, 0) is 12.7 Å². The molecule has 2 aromatic carbocycles. The maximum absolute atomic E-state index is 13.2. The number of nitriles is 1. The lowest BCUT2D eigenvalue weighted by atomic mass is 10.1. The van der Waals surface area contributed by atoms with Crippen molar-refractivity contribution in [3.8, 4) is 16.5 Å². The third kappa shape index (κ3) is 5.76. The molecular formula is C21H13F7N2S. The van der Waals surface area contributed by atoms with Crippen molar-refractivity contribution < 1.29 is 30.7 Å². The first-order chi connectivity index (χ1) is 14.5. The highest BCUT2D eigenvalue weighted by molar-refractivity contribution is 7.15. The molecule has 0 aliphatic carbocycles. The Bertz CT molecular complexity index is 1090. The molecular weight excluding hydrogens is 445 g/mol. The molecule has 0 radical (unpaired) electrons. The SMILES string of the molecule is N#Cc1ccc(N(Cc2ccc(-c3ccc(F)cc3)s2)CC(F)(F)F)cc1C(F)(F)F. The van der Waals surface area contributed by atoms with E-state index in [2.05, 4.69) is 0 Å². The molecule has 0 unspecified atom stereocenters. The zero-order valence-corrected chi connectivity index (χ0v) is 16.4. The first-order valence-electron chi connectivity index (χ1n) is 8.74. The van der Waals surface area contributed by atoms with Crippen molar-refractivity contribution in [1.82, 2.24) is 0 Å². The Morgan fingerprint density at radius 1 is 0.903 bits per heavy atom. The molecule has 0 aliphatic heterocycles. The van der Waals surface area contributed by atoms with Gasteiger partial charge < -0.3 is 4.90 Å². The predicted octanol–water partition coefficient (Wildman–Crippen LogP) is 7.01. The van der Waals surface area contributed by atoms with Gasteiger partial charge in [0.25, 0.3) is 0 Å². The average Bonchev–Trinajstić information content (AvgIpc) is 3.14. The van der Waals surface area contributed by atoms with Crippen LogP contribution in [0.4, 0.5) is 36.4 Å². The molecule has 0 bridgehead atoms. The fraction of sp³-hybridized carbons (Fsp3) is 0.190. The van der Waals surface area contributed by atoms with Crippen LogP contribution in [0.15, 0.2) is 54.6 Å². The summed E-state index contributed by atoms with van der Waals surface area (Å²) in [5, 5.41) is 8.90. The van der Waals surface area contributed by atoms with Gasteiger partial charge in [-0.25, -0.2) is 4.39 Å². The van der Waals surface area contributed by atoms with Crippen molar-refractivity contribution in [3.05, 3.63) is 76.4 Å². The van der Waals surface area contributed by atoms with Crippen LogP contribution < -0.4 is 4.90 Å². The van der Waals surface area contributed by atoms with Crippen LogP contribution in [0.25, 0.3) is 10.4 Å². The summed E-state index contributed by atoms with van der Waals surface area (Å²) in [6.45, 7) is -1.77. The fourth-order valence-corrected chi connectivity index (χ4v) is 3.97. The van der Waals surface area contributed by atoms with E-state index in [-0.39, 0.29) is 12.2 Å². The average molecular weight is 458 g/mol. The van der Waals surface area contributed by atoms with Crippen molar-refractivity contribution in [2.24, 2.45) is 0 Å². The van der Waals surface area contributed by atoms with Gasteiger partial charge in [-0.1, -0.05) is 12.1 Å². The van der Waals surface area contributed by atoms with Crippen molar-refractivity contribution in [3.63, 3.8) is 0 Å². The summed E-state index contributed by atoms with van der Waals surface area (Å²) < 4.78 is 92.2. The molecule has 0 fully saturated rings. The molecule has 0 amide bonds. The Balaban J connectivity index is 1.94. The van der Waals surface area contributed by atoms with E-state index in [1.54, 1.807) is 12.1 Å². The van der Waals surface area contributed by atoms with E-state index in [0.717, 1.165) is 28.4 Å². The van der Waals surface area contributed by atoms with Gasteiger partial charge in [-0.15, -0.1) is 11.3 Å². The summed E-state index contributed by atoms with van der Waals surface area (Å²) in [4.78, 5) is 1.93. The molecule has 0 saturated heterocycles. The number of halogens is 7. The number of nitrogens with zero attached hydrogens (tertiary/aromatic N) is 2. The summed E-state index contributed by atoms with van der Waals surface area (Å²) in [6, 6.07) is 12.7. The molecule has 0 aliphatic rings. The van der Waals surface area contributed by atoms with Crippen LogP contribution >= 0.6 is 11.3 Å². The second-order valence-electron chi connectivity index (χ2n) is 6.58. The highest BCUT2D eigenvalue weighted by Gasteiger charge is 2.36. The summed E-state index contributed by atoms with van der Waals surface area (Å²) in [5.41, 5.74) is -1.60. The molecule has 3 aromatic rings. The molecule has 1 heterocycles. The van der Waals surface area contributed by atoms with E-state index in [9.17, 15) is 30.7 Å². The van der Waals surface area contributed by atoms with Gasteiger partial charge in [-0.3, -0.25) is 0 Å². The summed E-state index contributed by atoms with van der Waals surface area (Å²) in [7, 11) is 0. The second-order valence-corrected chi connectivity index (χ2v) is 7.75. The minimum Gasteiger partial charge on any atom is -0.357 e. The Kier molecular flexibility index (Phi) is 6.27. The van der Waals surface area contributed by atoms with Gasteiger partial charge in [0, 0.05) is 15.4 Å². The van der Waals surface area contributed by atoms with Gasteiger partial charge in [0.15, 0.2) is 0 Å². The lowest BCUT2D eigenvalue weighted by Crippen LogP contribution is -2.33. The highest BCUT2D eigenvalue weighted by atomic mass is 32.1. The maximum Gasteiger partial charge on any atom is 0.417 e. The Morgan fingerprint density at radius 2 is 1.58 bits per heavy atom. The first-order valence-corrected chi connectivity index (χ1v) is 9.55. The number of anilines is 1. The van der Waals surface area contributed by atoms with Crippen LogP contribution in [0.3, 0.4) is 0 Å². The smallest absolute Gasteiger partial charge is 0.357 e. The third-order valence-corrected chi connectivity index (χ3v) is 5.42. The Morgan fingerprint density at radius 3 is 2.16 bits per heavy atom. The van der Waals surface area contributed by atoms with Gasteiger partial charge >= 0.3 is 12.4 Å². The van der Waals surface area contributed by atoms with Crippen molar-refractivity contribution in [1.29, 1.82) is 5.26 Å². The molecule has 0 saturated carbocycles. The van der Waals surface area contributed by atoms with Crippen LogP contribution in [0, 0.1) is 17.1 Å². The number of hydrogen-bond acceptors (Lipinski definition) is 3. The van der Waals surface area contributed by atoms with E-state index in [0.29, 0.717) is 21.4 Å². The summed E-state index contributed by atoms with van der Waals surface area (Å²) in [5.74, 6) is -0.432. The Hall–Kier alpha value is -3.06. The normalized spacial score (nSPS) is 11.9. The molecule has 2 nitrogen and oxygen atoms in total. The fourth-order valence-electron chi connectivity index (χ4n) is 2.94. The number of alkyl halides is 6. The predicted molar refractivity (Wildman–Crippen MR) is 103 cm³/mol. The van der Waals surface area contributed by atoms with Crippen molar-refractivity contribution in [2.75, 3.05) is 11.4 Å². The molecule has 10 heteroatoms. The minimum atomic E-state index is -4.89. The number of benzene rings is 2. The summed E-state index contributed by atoms with van der Waals surface area (Å²) >= 11 is 1.15. The molecule has 0 spiro atoms. The van der Waals surface area contributed by atoms with Gasteiger partial charge in [0.2, 0.25) is 0 Å². The van der Waals surface area contributed by atoms with Crippen LogP contribution in [0.5, 0.6) is 0 Å². The van der Waals surface area contributed by atoms with E-state index < -0.39 is 35.8 Å². The largest absolute Gasteiger partial charge is 0.417 e. The van der Waals surface area contributed by atoms with Crippen LogP contribution in [0.2, 0.25) is 0 Å². The summed E-state index contributed by atoms with van der Waals surface area (Å²) in [6.07, 6.45) is -9.55. The molecule has 0 N–H and O–H groups in total. The molecule has 31 heavy (non-hydrogen) atoms. The van der Waals surface area contributed by atoms with Crippen molar-refractivity contribution in [2.45, 2.75) is 18.9 Å². The maximum atomic E-state index is 13.2. The third-order valence-electron chi connectivity index (χ3n) is 4.30. The lowest BCUT2D eigenvalue weighted by molar-refractivity contribution is -0.137. The van der Waals surface area contributed by atoms with E-state index in [4.69, 9.17) is 5.26 Å². The topological polar surface area (TPSA) is 27.0 Å². The van der Waals surface area contributed by atoms with Crippen LogP contribution in [0.1, 0.15) is 16.0 Å². The zero-order valence-electron chi connectivity index (χ0n) is 15.6. The lowest BCUT2D eigenvalue weighted by Gasteiger charge is -2.26. The molecule has 1 aromatic heterocycles. The number of hydrogen-bond donors (Lipinski definition) is 0. The van der Waals surface area contributed by atoms with E-state index in [1.165, 1.54) is 30.3 Å². The molecule has 3 rings (SSSR count). The Labute approximate surface area is 176 Å². The standard InChI is InChI=1S/C21H13F7N2S/c22-15-4-1-13(2-5-15)19-8-7-17(31-19)11-30(12-20(23,24)25)16-6-3-14(10-29)18(9-16)21(26,27)28/h1-9H,11-12H2. The zero-order chi connectivity index (χ0) is 22.8. The minimum absolute atomic E-state index is 0.297. The molecule has 162 valence electrons. The van der Waals surface area contributed by atoms with Crippen LogP contribution in [-0.4, -0.2) is 12.7 Å². The van der Waals surface area contributed by atoms with Crippen molar-refractivity contribution >= 4 is 17.0 Å². The monoisotopic (exact) mass is 458 g/mol. The van der Waals surface area contributed by atoms with Gasteiger partial charge in [0.05, 0.1) is 23.7 Å². The highest BCUT2D eigenvalue weighted by Crippen LogP contribution is 2.36. The number of rotatable bonds is 5. The molecule has 0 atom stereocenters. The van der Waals surface area contributed by atoms with E-state index >= 15 is 0 Å². The second kappa shape index (κ2) is 8.59.